The van der Waals surface area contributed by atoms with Gasteiger partial charge in [0.1, 0.15) is 6.04 Å². The molecule has 1 heterocycles. The van der Waals surface area contributed by atoms with E-state index in [4.69, 9.17) is 16.7 Å². The van der Waals surface area contributed by atoms with E-state index in [0.717, 1.165) is 5.75 Å². The van der Waals surface area contributed by atoms with Gasteiger partial charge in [-0.3, -0.25) is 0 Å². The Bertz CT molecular complexity index is 498. The molecule has 1 atom stereocenters. The van der Waals surface area contributed by atoms with Gasteiger partial charge in [0.15, 0.2) is 0 Å². The van der Waals surface area contributed by atoms with Gasteiger partial charge in [0.2, 0.25) is 0 Å². The summed E-state index contributed by atoms with van der Waals surface area (Å²) in [5.41, 5.74) is 0.483. The van der Waals surface area contributed by atoms with E-state index < -0.39 is 18.0 Å². The largest absolute Gasteiger partial charge is 0.480 e. The third-order valence-corrected chi connectivity index (χ3v) is 4.14. The van der Waals surface area contributed by atoms with Gasteiger partial charge >= 0.3 is 12.0 Å². The number of amides is 2. The van der Waals surface area contributed by atoms with E-state index >= 15 is 0 Å². The number of carboxylic acids is 1. The molecular formula is C12H13ClN2O3S. The van der Waals surface area contributed by atoms with Gasteiger partial charge in [-0.25, -0.2) is 9.59 Å². The highest BCUT2D eigenvalue weighted by Gasteiger charge is 2.32. The van der Waals surface area contributed by atoms with Gasteiger partial charge in [-0.1, -0.05) is 23.7 Å². The molecule has 0 radical (unpaired) electrons. The lowest BCUT2D eigenvalue weighted by Gasteiger charge is -2.32. The molecule has 2 N–H and O–H groups in total. The van der Waals surface area contributed by atoms with Crippen LogP contribution in [0.1, 0.15) is 0 Å². The molecule has 0 saturated carbocycles. The normalized spacial score (nSPS) is 19.0. The molecule has 7 heteroatoms. The number of benzene rings is 1. The van der Waals surface area contributed by atoms with Crippen LogP contribution < -0.4 is 5.32 Å². The van der Waals surface area contributed by atoms with E-state index in [9.17, 15) is 9.59 Å². The van der Waals surface area contributed by atoms with Crippen molar-refractivity contribution in [3.8, 4) is 0 Å². The van der Waals surface area contributed by atoms with Crippen LogP contribution in [0.15, 0.2) is 24.3 Å². The Kier molecular flexibility index (Phi) is 4.55. The lowest BCUT2D eigenvalue weighted by atomic mass is 10.3. The first-order valence-electron chi connectivity index (χ1n) is 5.72. The summed E-state index contributed by atoms with van der Waals surface area (Å²) in [6.07, 6.45) is 0. The zero-order valence-corrected chi connectivity index (χ0v) is 11.6. The van der Waals surface area contributed by atoms with E-state index in [1.807, 2.05) is 0 Å². The molecule has 102 valence electrons. The average Bonchev–Trinajstić information content (AvgIpc) is 2.41. The number of anilines is 1. The van der Waals surface area contributed by atoms with Crippen molar-refractivity contribution in [2.24, 2.45) is 0 Å². The molecule has 1 unspecified atom stereocenters. The smallest absolute Gasteiger partial charge is 0.327 e. The van der Waals surface area contributed by atoms with E-state index in [2.05, 4.69) is 5.32 Å². The van der Waals surface area contributed by atoms with Crippen molar-refractivity contribution in [3.05, 3.63) is 29.3 Å². The van der Waals surface area contributed by atoms with Gasteiger partial charge in [0.05, 0.1) is 10.7 Å². The maximum atomic E-state index is 12.1. The molecule has 1 fully saturated rings. The minimum Gasteiger partial charge on any atom is -0.480 e. The Hall–Kier alpha value is -1.40. The van der Waals surface area contributed by atoms with Crippen molar-refractivity contribution in [1.82, 2.24) is 4.90 Å². The van der Waals surface area contributed by atoms with Gasteiger partial charge in [0.25, 0.3) is 0 Å². The maximum absolute atomic E-state index is 12.1. The van der Waals surface area contributed by atoms with Crippen molar-refractivity contribution in [1.29, 1.82) is 0 Å². The van der Waals surface area contributed by atoms with Crippen molar-refractivity contribution < 1.29 is 14.7 Å². The summed E-state index contributed by atoms with van der Waals surface area (Å²) in [4.78, 5) is 24.6. The molecule has 1 aromatic carbocycles. The summed E-state index contributed by atoms with van der Waals surface area (Å²) in [6.45, 7) is 0.415. The second-order valence-corrected chi connectivity index (χ2v) is 5.59. The summed E-state index contributed by atoms with van der Waals surface area (Å²) in [6, 6.07) is 5.63. The van der Waals surface area contributed by atoms with Crippen molar-refractivity contribution in [2.45, 2.75) is 6.04 Å². The molecule has 0 bridgehead atoms. The maximum Gasteiger partial charge on any atom is 0.327 e. The molecule has 1 aromatic rings. The highest BCUT2D eigenvalue weighted by Crippen LogP contribution is 2.23. The molecule has 1 saturated heterocycles. The third-order valence-electron chi connectivity index (χ3n) is 2.79. The number of carbonyl (C=O) groups excluding carboxylic acids is 1. The molecule has 2 rings (SSSR count). The van der Waals surface area contributed by atoms with Gasteiger partial charge in [-0.2, -0.15) is 11.8 Å². The van der Waals surface area contributed by atoms with E-state index in [1.54, 1.807) is 24.3 Å². The zero-order chi connectivity index (χ0) is 13.8. The van der Waals surface area contributed by atoms with Crippen molar-refractivity contribution >= 4 is 41.1 Å². The summed E-state index contributed by atoms with van der Waals surface area (Å²) < 4.78 is 0. The first kappa shape index (κ1) is 14.0. The van der Waals surface area contributed by atoms with Crippen LogP contribution in [0.3, 0.4) is 0 Å². The lowest BCUT2D eigenvalue weighted by molar-refractivity contribution is -0.141. The predicted octanol–water partition coefficient (Wildman–Crippen LogP) is 2.37. The Morgan fingerprint density at radius 1 is 1.42 bits per heavy atom. The number of carboxylic acid groups (broad SMARTS) is 1. The topological polar surface area (TPSA) is 69.6 Å². The SMILES string of the molecule is O=C(O)C1CSCCN1C(=O)Nc1ccccc1Cl. The van der Waals surface area contributed by atoms with Gasteiger partial charge in [-0.15, -0.1) is 0 Å². The molecule has 0 aromatic heterocycles. The Morgan fingerprint density at radius 3 is 2.84 bits per heavy atom. The standard InChI is InChI=1S/C12H13ClN2O3S/c13-8-3-1-2-4-9(8)14-12(18)15-5-6-19-7-10(15)11(16)17/h1-4,10H,5-7H2,(H,14,18)(H,16,17). The summed E-state index contributed by atoms with van der Waals surface area (Å²) in [5, 5.41) is 12.2. The number of hydrogen-bond donors (Lipinski definition) is 2. The number of nitrogens with one attached hydrogen (secondary N) is 1. The predicted molar refractivity (Wildman–Crippen MR) is 75.9 cm³/mol. The van der Waals surface area contributed by atoms with E-state index in [0.29, 0.717) is 23.0 Å². The number of urea groups is 1. The molecule has 2 amide bonds. The minimum absolute atomic E-state index is 0.408. The number of hydrogen-bond acceptors (Lipinski definition) is 3. The van der Waals surface area contributed by atoms with Gasteiger partial charge < -0.3 is 15.3 Å². The molecule has 0 aliphatic carbocycles. The number of para-hydroxylation sites is 1. The first-order chi connectivity index (χ1) is 9.09. The van der Waals surface area contributed by atoms with Crippen LogP contribution >= 0.6 is 23.4 Å². The number of carbonyl (C=O) groups is 2. The molecule has 1 aliphatic heterocycles. The Balaban J connectivity index is 2.10. The fourth-order valence-electron chi connectivity index (χ4n) is 1.80. The monoisotopic (exact) mass is 300 g/mol. The van der Waals surface area contributed by atoms with Crippen molar-refractivity contribution in [2.75, 3.05) is 23.4 Å². The first-order valence-corrected chi connectivity index (χ1v) is 7.25. The second kappa shape index (κ2) is 6.16. The van der Waals surface area contributed by atoms with Crippen LogP contribution in [0.2, 0.25) is 5.02 Å². The Morgan fingerprint density at radius 2 is 2.16 bits per heavy atom. The quantitative estimate of drug-likeness (QED) is 0.880. The summed E-state index contributed by atoms with van der Waals surface area (Å²) >= 11 is 7.49. The lowest BCUT2D eigenvalue weighted by Crippen LogP contribution is -2.51. The van der Waals surface area contributed by atoms with E-state index in [1.165, 1.54) is 16.7 Å². The molecule has 1 aliphatic rings. The molecule has 0 spiro atoms. The number of thioether (sulfide) groups is 1. The summed E-state index contributed by atoms with van der Waals surface area (Å²) in [7, 11) is 0. The fraction of sp³-hybridized carbons (Fsp3) is 0.333. The Labute approximate surface area is 119 Å². The fourth-order valence-corrected chi connectivity index (χ4v) is 3.02. The number of halogens is 1. The van der Waals surface area contributed by atoms with Crippen LogP contribution in [-0.2, 0) is 4.79 Å². The van der Waals surface area contributed by atoms with Crippen LogP contribution in [0, 0.1) is 0 Å². The molecular weight excluding hydrogens is 288 g/mol. The number of rotatable bonds is 2. The van der Waals surface area contributed by atoms with Gasteiger partial charge in [-0.05, 0) is 12.1 Å². The van der Waals surface area contributed by atoms with Crippen molar-refractivity contribution in [3.63, 3.8) is 0 Å². The van der Waals surface area contributed by atoms with Gasteiger partial charge in [0, 0.05) is 18.1 Å². The van der Waals surface area contributed by atoms with E-state index in [-0.39, 0.29) is 0 Å². The number of aliphatic carboxylic acids is 1. The van der Waals surface area contributed by atoms with Crippen LogP contribution in [0.4, 0.5) is 10.5 Å². The number of nitrogens with zero attached hydrogens (tertiary/aromatic N) is 1. The molecule has 5 nitrogen and oxygen atoms in total. The third kappa shape index (κ3) is 3.33. The second-order valence-electron chi connectivity index (χ2n) is 4.03. The van der Waals surface area contributed by atoms with Crippen LogP contribution in [-0.4, -0.2) is 46.1 Å². The van der Waals surface area contributed by atoms with Crippen LogP contribution in [0.25, 0.3) is 0 Å². The highest BCUT2D eigenvalue weighted by molar-refractivity contribution is 7.99. The molecule has 19 heavy (non-hydrogen) atoms. The summed E-state index contributed by atoms with van der Waals surface area (Å²) in [5.74, 6) is 0.159. The highest BCUT2D eigenvalue weighted by atomic mass is 35.5. The zero-order valence-electron chi connectivity index (χ0n) is 10.0. The van der Waals surface area contributed by atoms with Crippen LogP contribution in [0.5, 0.6) is 0 Å². The average molecular weight is 301 g/mol. The minimum atomic E-state index is -0.985.